The van der Waals surface area contributed by atoms with E-state index in [0.29, 0.717) is 16.9 Å². The maximum Gasteiger partial charge on any atom is 0.158 e. The highest BCUT2D eigenvalue weighted by atomic mass is 35.5. The lowest BCUT2D eigenvalue weighted by molar-refractivity contribution is -0.267. The van der Waals surface area contributed by atoms with Crippen LogP contribution in [0.5, 0.6) is 0 Å². The summed E-state index contributed by atoms with van der Waals surface area (Å²) in [4.78, 5) is 15.2. The summed E-state index contributed by atoms with van der Waals surface area (Å²) in [5.74, 6) is 0.260. The van der Waals surface area contributed by atoms with E-state index in [2.05, 4.69) is 4.98 Å². The molecule has 7 heteroatoms. The Morgan fingerprint density at radius 3 is 3.06 bits per heavy atom. The molecular weight excluding hydrogens is 280 g/mol. The Morgan fingerprint density at radius 1 is 1.76 bits per heavy atom. The second-order valence-corrected chi connectivity index (χ2v) is 5.58. The number of carbonyl (C=O) groups is 1. The molecular formula is C10H10ClN2O2S2-. The lowest BCUT2D eigenvalue weighted by atomic mass is 9.99. The average Bonchev–Trinajstić information content (AvgIpc) is 2.75. The van der Waals surface area contributed by atoms with Gasteiger partial charge in [-0.3, -0.25) is 0 Å². The smallest absolute Gasteiger partial charge is 0.158 e. The zero-order valence-electron chi connectivity index (χ0n) is 8.81. The Balaban J connectivity index is 2.23. The summed E-state index contributed by atoms with van der Waals surface area (Å²) in [7, 11) is 0. The van der Waals surface area contributed by atoms with Crippen LogP contribution in [-0.4, -0.2) is 34.4 Å². The van der Waals surface area contributed by atoms with Crippen LogP contribution >= 0.6 is 35.2 Å². The number of hydrogen-bond acceptors (Lipinski definition) is 4. The average molecular weight is 290 g/mol. The van der Waals surface area contributed by atoms with E-state index in [4.69, 9.17) is 23.8 Å². The molecule has 1 aromatic rings. The number of aromatic nitrogens is 1. The Kier molecular flexibility index (Phi) is 3.86. The van der Waals surface area contributed by atoms with Crippen molar-refractivity contribution >= 4 is 46.8 Å². The van der Waals surface area contributed by atoms with Gasteiger partial charge in [0.15, 0.2) is 3.95 Å². The van der Waals surface area contributed by atoms with Gasteiger partial charge in [0.1, 0.15) is 6.09 Å². The first-order valence-corrected chi connectivity index (χ1v) is 6.85. The van der Waals surface area contributed by atoms with Crippen LogP contribution in [0.15, 0.2) is 11.5 Å². The van der Waals surface area contributed by atoms with Crippen LogP contribution in [0, 0.1) is 3.95 Å². The van der Waals surface area contributed by atoms with Crippen LogP contribution in [0.25, 0.3) is 5.57 Å². The lowest BCUT2D eigenvalue weighted by Crippen LogP contribution is -2.49. The molecule has 0 aromatic carbocycles. The molecule has 1 amide bonds. The van der Waals surface area contributed by atoms with Crippen LogP contribution < -0.4 is 5.11 Å². The van der Waals surface area contributed by atoms with Crippen LogP contribution in [0.3, 0.4) is 0 Å². The van der Waals surface area contributed by atoms with E-state index in [0.717, 1.165) is 11.3 Å². The summed E-state index contributed by atoms with van der Waals surface area (Å²) in [5, 5.41) is 12.8. The summed E-state index contributed by atoms with van der Waals surface area (Å²) in [6, 6.07) is -0.233. The molecule has 2 heterocycles. The van der Waals surface area contributed by atoms with Crippen LogP contribution in [0.2, 0.25) is 0 Å². The molecule has 1 N–H and O–H groups in total. The molecule has 0 fully saturated rings. The zero-order valence-corrected chi connectivity index (χ0v) is 11.2. The van der Waals surface area contributed by atoms with Gasteiger partial charge in [-0.05, 0) is 24.2 Å². The SMILES string of the molecule is O=C([O-])N1CC=C(c2csc(=S)[nH]2)C[C@H]1CCl. The molecule has 92 valence electrons. The van der Waals surface area contributed by atoms with Gasteiger partial charge in [0, 0.05) is 23.8 Å². The second kappa shape index (κ2) is 5.20. The fourth-order valence-corrected chi connectivity index (χ4v) is 2.96. The van der Waals surface area contributed by atoms with Crippen molar-refractivity contribution < 1.29 is 9.90 Å². The predicted octanol–water partition coefficient (Wildman–Crippen LogP) is 1.85. The highest BCUT2D eigenvalue weighted by Crippen LogP contribution is 2.27. The number of hydrogen-bond donors (Lipinski definition) is 1. The highest BCUT2D eigenvalue weighted by Gasteiger charge is 2.23. The second-order valence-electron chi connectivity index (χ2n) is 3.72. The Hall–Kier alpha value is -0.850. The number of rotatable bonds is 2. The van der Waals surface area contributed by atoms with Crippen molar-refractivity contribution in [2.75, 3.05) is 12.4 Å². The number of halogens is 1. The largest absolute Gasteiger partial charge is 0.530 e. The molecule has 0 saturated carbocycles. The third kappa shape index (κ3) is 2.70. The van der Waals surface area contributed by atoms with Crippen LogP contribution in [0.1, 0.15) is 12.1 Å². The van der Waals surface area contributed by atoms with Gasteiger partial charge in [0.2, 0.25) is 0 Å². The number of thiazole rings is 1. The minimum Gasteiger partial charge on any atom is -0.530 e. The summed E-state index contributed by atoms with van der Waals surface area (Å²) in [6.45, 7) is 0.311. The van der Waals surface area contributed by atoms with E-state index in [9.17, 15) is 9.90 Å². The molecule has 1 aliphatic heterocycles. The summed E-state index contributed by atoms with van der Waals surface area (Å²) < 4.78 is 0.714. The maximum absolute atomic E-state index is 10.9. The number of alkyl halides is 1. The first kappa shape index (κ1) is 12.6. The van der Waals surface area contributed by atoms with Gasteiger partial charge in [0.25, 0.3) is 0 Å². The lowest BCUT2D eigenvalue weighted by Gasteiger charge is -2.35. The number of H-pyrrole nitrogens is 1. The molecule has 0 bridgehead atoms. The van der Waals surface area contributed by atoms with Gasteiger partial charge in [-0.25, -0.2) is 0 Å². The van der Waals surface area contributed by atoms with Crippen LogP contribution in [-0.2, 0) is 0 Å². The Bertz CT molecular complexity index is 508. The number of carbonyl (C=O) groups excluding carboxylic acids is 1. The van der Waals surface area contributed by atoms with Gasteiger partial charge >= 0.3 is 0 Å². The number of nitrogens with zero attached hydrogens (tertiary/aromatic N) is 1. The van der Waals surface area contributed by atoms with Gasteiger partial charge in [-0.15, -0.1) is 22.9 Å². The quantitative estimate of drug-likeness (QED) is 0.668. The first-order chi connectivity index (χ1) is 8.11. The van der Waals surface area contributed by atoms with Crippen molar-refractivity contribution in [3.05, 3.63) is 21.1 Å². The summed E-state index contributed by atoms with van der Waals surface area (Å²) in [5.41, 5.74) is 2.01. The Morgan fingerprint density at radius 2 is 2.53 bits per heavy atom. The molecule has 17 heavy (non-hydrogen) atoms. The van der Waals surface area contributed by atoms with Crippen molar-refractivity contribution in [2.45, 2.75) is 12.5 Å². The van der Waals surface area contributed by atoms with Crippen molar-refractivity contribution in [3.63, 3.8) is 0 Å². The van der Waals surface area contributed by atoms with Gasteiger partial charge in [-0.1, -0.05) is 6.08 Å². The van der Waals surface area contributed by atoms with E-state index >= 15 is 0 Å². The summed E-state index contributed by atoms with van der Waals surface area (Å²) in [6.07, 6.45) is 1.27. The topological polar surface area (TPSA) is 59.2 Å². The fourth-order valence-electron chi connectivity index (χ4n) is 1.82. The molecule has 0 radical (unpaired) electrons. The molecule has 0 saturated heterocycles. The molecule has 0 unspecified atom stereocenters. The molecule has 4 nitrogen and oxygen atoms in total. The Labute approximate surface area is 113 Å². The molecule has 1 aromatic heterocycles. The predicted molar refractivity (Wildman–Crippen MR) is 68.7 cm³/mol. The minimum absolute atomic E-state index is 0.233. The third-order valence-corrected chi connectivity index (χ3v) is 4.13. The molecule has 1 aliphatic rings. The van der Waals surface area contributed by atoms with Crippen molar-refractivity contribution in [1.29, 1.82) is 0 Å². The van der Waals surface area contributed by atoms with Crippen molar-refractivity contribution in [2.24, 2.45) is 0 Å². The van der Waals surface area contributed by atoms with Crippen molar-refractivity contribution in [3.8, 4) is 0 Å². The van der Waals surface area contributed by atoms with E-state index < -0.39 is 6.09 Å². The van der Waals surface area contributed by atoms with E-state index in [1.807, 2.05) is 11.5 Å². The first-order valence-electron chi connectivity index (χ1n) is 5.02. The number of aromatic amines is 1. The van der Waals surface area contributed by atoms with E-state index in [1.54, 1.807) is 0 Å². The van der Waals surface area contributed by atoms with Gasteiger partial charge in [0.05, 0.1) is 5.69 Å². The standard InChI is InChI=1S/C10H11ClN2O2S2/c11-4-7-3-6(1-2-13(7)10(14)15)8-5-17-9(16)12-8/h1,5,7H,2-4H2,(H,12,16)(H,14,15)/p-1/t7-/m0/s1. The van der Waals surface area contributed by atoms with Gasteiger partial charge in [-0.2, -0.15) is 0 Å². The number of nitrogens with one attached hydrogen (secondary N) is 1. The molecule has 1 atom stereocenters. The van der Waals surface area contributed by atoms with Crippen molar-refractivity contribution in [1.82, 2.24) is 9.88 Å². The molecule has 2 rings (SSSR count). The zero-order chi connectivity index (χ0) is 12.4. The molecule has 0 spiro atoms. The van der Waals surface area contributed by atoms with E-state index in [1.165, 1.54) is 16.2 Å². The highest BCUT2D eigenvalue weighted by molar-refractivity contribution is 7.73. The normalized spacial score (nSPS) is 20.2. The maximum atomic E-state index is 10.9. The summed E-state index contributed by atoms with van der Waals surface area (Å²) >= 11 is 12.3. The van der Waals surface area contributed by atoms with Crippen LogP contribution in [0.4, 0.5) is 4.79 Å². The molecule has 0 aliphatic carbocycles. The number of carboxylic acid groups (broad SMARTS) is 1. The number of amides is 1. The van der Waals surface area contributed by atoms with E-state index in [-0.39, 0.29) is 11.9 Å². The fraction of sp³-hybridized carbons (Fsp3) is 0.400. The third-order valence-electron chi connectivity index (χ3n) is 2.71. The monoisotopic (exact) mass is 289 g/mol. The van der Waals surface area contributed by atoms with Gasteiger partial charge < -0.3 is 19.8 Å². The minimum atomic E-state index is -1.18.